The summed E-state index contributed by atoms with van der Waals surface area (Å²) in [6, 6.07) is 15.7. The first kappa shape index (κ1) is 64.2. The fourth-order valence-electron chi connectivity index (χ4n) is 11.2. The summed E-state index contributed by atoms with van der Waals surface area (Å²) in [7, 11) is 0. The smallest absolute Gasteiger partial charge is 0.251 e. The molecule has 0 spiro atoms. The van der Waals surface area contributed by atoms with Crippen molar-refractivity contribution in [1.29, 1.82) is 0 Å². The lowest BCUT2D eigenvalue weighted by Gasteiger charge is -2.34. The van der Waals surface area contributed by atoms with Gasteiger partial charge in [-0.05, 0) is 84.1 Å². The summed E-state index contributed by atoms with van der Waals surface area (Å²) in [4.78, 5) is 105. The second-order valence-corrected chi connectivity index (χ2v) is 22.3. The summed E-state index contributed by atoms with van der Waals surface area (Å²) in [5, 5.41) is 91.2. The van der Waals surface area contributed by atoms with Crippen LogP contribution in [-0.2, 0) is 39.9 Å². The highest BCUT2D eigenvalue weighted by Crippen LogP contribution is 2.31. The quantitative estimate of drug-likeness (QED) is 0.0572. The summed E-state index contributed by atoms with van der Waals surface area (Å²) < 4.78 is 11.0. The van der Waals surface area contributed by atoms with Gasteiger partial charge in [0.15, 0.2) is 11.5 Å². The van der Waals surface area contributed by atoms with Crippen molar-refractivity contribution in [1.82, 2.24) is 36.4 Å². The van der Waals surface area contributed by atoms with Gasteiger partial charge in [-0.1, -0.05) is 61.5 Å². The predicted molar refractivity (Wildman–Crippen MR) is 312 cm³/mol. The number of phenols is 1. The maximum atomic E-state index is 14.7. The number of morpholine rings is 1. The topological polar surface area (TPSA) is 401 Å². The number of fused-ring (bicyclic) bond motifs is 2. The molecule has 4 aromatic carbocycles. The number of β-amino-alcohol motifs (C(OH)–C–C–N with tert-alkyl or cyclic N) is 1. The van der Waals surface area contributed by atoms with Crippen LogP contribution in [0.3, 0.4) is 0 Å². The van der Waals surface area contributed by atoms with Gasteiger partial charge in [0.2, 0.25) is 35.4 Å². The number of nitrogens with two attached hydrogens (primary N) is 2. The van der Waals surface area contributed by atoms with Crippen molar-refractivity contribution in [3.8, 4) is 33.8 Å². The van der Waals surface area contributed by atoms with E-state index in [2.05, 4.69) is 55.7 Å². The molecule has 0 saturated carbocycles. The molecule has 0 radical (unpaired) electrons. The van der Waals surface area contributed by atoms with E-state index in [1.807, 2.05) is 24.3 Å². The largest absolute Gasteiger partial charge is 0.504 e. The van der Waals surface area contributed by atoms with Crippen molar-refractivity contribution in [3.05, 3.63) is 102 Å². The SMILES string of the molecule is C[C@@H](O)[C@@H]1NC(=O)[C@@H](NC(=O)c2ccc(-c3ccc(-c4ccc(N5CCOCC5)cc4)cc3)cc2)C[C@@H](O)CNC(=O)[C@@H]2[C@@H](O)[C@@H](C)CN2C(=O)[C@H]([C@H](O)CCN)NC(=O)[C@H]([C@H](O)Cc2ccc(O)c(OCCN)c2)NC(=O)[C@@H]2C[C@@H](O)CN2C1=O. The van der Waals surface area contributed by atoms with Crippen molar-refractivity contribution >= 4 is 47.0 Å². The molecule has 4 fully saturated rings. The van der Waals surface area contributed by atoms with Crippen molar-refractivity contribution in [2.45, 2.75) is 112 Å². The Balaban J connectivity index is 1.07. The molecule has 4 aliphatic heterocycles. The minimum Gasteiger partial charge on any atom is -0.504 e. The maximum Gasteiger partial charge on any atom is 0.251 e. The lowest BCUT2D eigenvalue weighted by atomic mass is 9.98. The van der Waals surface area contributed by atoms with E-state index < -0.39 is 152 Å². The number of amides is 7. The molecule has 4 aliphatic rings. The highest BCUT2D eigenvalue weighted by molar-refractivity contribution is 6.00. The number of aromatic hydroxyl groups is 1. The van der Waals surface area contributed by atoms with Crippen LogP contribution < -0.4 is 47.7 Å². The Bertz CT molecular complexity index is 3020. The van der Waals surface area contributed by atoms with E-state index in [1.54, 1.807) is 12.1 Å². The minimum atomic E-state index is -2.03. The first-order chi connectivity index (χ1) is 41.1. The zero-order valence-corrected chi connectivity index (χ0v) is 47.9. The third-order valence-corrected chi connectivity index (χ3v) is 16.0. The van der Waals surface area contributed by atoms with E-state index in [4.69, 9.17) is 20.9 Å². The number of nitrogens with zero attached hydrogens (tertiary/aromatic N) is 3. The van der Waals surface area contributed by atoms with Crippen LogP contribution >= 0.6 is 0 Å². The molecule has 464 valence electrons. The molecule has 16 N–H and O–H groups in total. The molecule has 0 unspecified atom stereocenters. The fourth-order valence-corrected chi connectivity index (χ4v) is 11.2. The Morgan fingerprint density at radius 2 is 1.29 bits per heavy atom. The third-order valence-electron chi connectivity index (χ3n) is 16.0. The standard InChI is InChI=1S/C60H78N10O16/c1-32-30-70-52(53(32)77)58(82)63-29-41(72)27-43(64-54(78)39-10-8-37(9-11-39)35-4-6-36(7-5-35)38-12-14-40(15-13-38)68-20-23-85-24-21-68)55(79)65-49(33(2)71)59(83)69-31-42(73)28-44(69)56(80)66-50(57(81)67-51(60(70)84)46(75)17-18-61)47(76)25-34-3-16-45(74)48(26-34)86-22-19-62/h3-16,26,32-33,41-44,46-47,49-53,71-77H,17-25,27-31,61-62H2,1-2H3,(H,63,82)(H,64,78)(H,65,79)(H,66,80)(H,67,81)/t32-,33+,41+,42+,43-,44-,46+,47+,49-,50-,51-,52-,53-/m0/s1. The van der Waals surface area contributed by atoms with Gasteiger partial charge in [-0.25, -0.2) is 0 Å². The molecule has 26 nitrogen and oxygen atoms in total. The fraction of sp³-hybridized carbons (Fsp3) is 0.483. The lowest BCUT2D eigenvalue weighted by Crippen LogP contribution is -2.64. The molecule has 0 aliphatic carbocycles. The van der Waals surface area contributed by atoms with Crippen LogP contribution in [0.5, 0.6) is 11.5 Å². The Morgan fingerprint density at radius 1 is 0.698 bits per heavy atom. The van der Waals surface area contributed by atoms with Gasteiger partial charge in [0.05, 0.1) is 49.8 Å². The predicted octanol–water partition coefficient (Wildman–Crippen LogP) is -2.80. The number of ether oxygens (including phenoxy) is 2. The molecule has 0 bridgehead atoms. The highest BCUT2D eigenvalue weighted by atomic mass is 16.5. The highest BCUT2D eigenvalue weighted by Gasteiger charge is 2.50. The average molecular weight is 1200 g/mol. The van der Waals surface area contributed by atoms with Crippen molar-refractivity contribution in [2.75, 3.05) is 70.5 Å². The average Bonchev–Trinajstić information content (AvgIpc) is 2.00. The van der Waals surface area contributed by atoms with E-state index in [0.717, 1.165) is 57.8 Å². The summed E-state index contributed by atoms with van der Waals surface area (Å²) >= 11 is 0. The number of aliphatic hydroxyl groups is 6. The normalized spacial score (nSPS) is 26.7. The van der Waals surface area contributed by atoms with Crippen molar-refractivity contribution < 1.29 is 78.8 Å². The Morgan fingerprint density at radius 3 is 1.91 bits per heavy atom. The lowest BCUT2D eigenvalue weighted by molar-refractivity contribution is -0.147. The summed E-state index contributed by atoms with van der Waals surface area (Å²) in [6.07, 6.45) is -11.8. The number of nitrogens with one attached hydrogen (secondary N) is 5. The molecule has 26 heteroatoms. The molecule has 13 atom stereocenters. The molecule has 4 saturated heterocycles. The van der Waals surface area contributed by atoms with Gasteiger partial charge in [-0.2, -0.15) is 0 Å². The summed E-state index contributed by atoms with van der Waals surface area (Å²) in [6.45, 7) is 4.13. The number of anilines is 1. The van der Waals surface area contributed by atoms with Crippen LogP contribution in [0.4, 0.5) is 5.69 Å². The van der Waals surface area contributed by atoms with Gasteiger partial charge >= 0.3 is 0 Å². The molecule has 4 heterocycles. The van der Waals surface area contributed by atoms with Crippen LogP contribution in [0.25, 0.3) is 22.3 Å². The van der Waals surface area contributed by atoms with E-state index in [9.17, 15) is 69.3 Å². The van der Waals surface area contributed by atoms with Gasteiger partial charge in [-0.15, -0.1) is 0 Å². The van der Waals surface area contributed by atoms with E-state index in [-0.39, 0.29) is 55.3 Å². The zero-order chi connectivity index (χ0) is 61.9. The molecular formula is C60H78N10O16. The number of benzene rings is 4. The second-order valence-electron chi connectivity index (χ2n) is 22.3. The number of hydrogen-bond acceptors (Lipinski definition) is 19. The van der Waals surface area contributed by atoms with E-state index >= 15 is 0 Å². The molecular weight excluding hydrogens is 1120 g/mol. The number of phenolic OH excluding ortho intramolecular Hbond substituents is 1. The minimum absolute atomic E-state index is 0.00187. The third kappa shape index (κ3) is 15.4. The molecule has 8 rings (SSSR count). The maximum absolute atomic E-state index is 14.7. The number of rotatable bonds is 15. The van der Waals surface area contributed by atoms with Gasteiger partial charge in [0.25, 0.3) is 5.91 Å². The number of carbonyl (C=O) groups excluding carboxylic acids is 7. The van der Waals surface area contributed by atoms with Gasteiger partial charge in [0.1, 0.15) is 42.9 Å². The van der Waals surface area contributed by atoms with Crippen molar-refractivity contribution in [3.63, 3.8) is 0 Å². The Kier molecular flexibility index (Phi) is 21.7. The number of hydrogen-bond donors (Lipinski definition) is 14. The first-order valence-electron chi connectivity index (χ1n) is 28.8. The van der Waals surface area contributed by atoms with Gasteiger partial charge < -0.3 is 98.0 Å². The Hall–Kier alpha value is -7.79. The Labute approximate surface area is 496 Å². The monoisotopic (exact) mass is 1190 g/mol. The first-order valence-corrected chi connectivity index (χ1v) is 28.8. The molecule has 86 heavy (non-hydrogen) atoms. The zero-order valence-electron chi connectivity index (χ0n) is 47.9. The van der Waals surface area contributed by atoms with Crippen LogP contribution in [0, 0.1) is 5.92 Å². The van der Waals surface area contributed by atoms with Crippen LogP contribution in [0.15, 0.2) is 91.0 Å². The van der Waals surface area contributed by atoms with Crippen LogP contribution in [0.2, 0.25) is 0 Å². The number of aliphatic hydroxyl groups excluding tert-OH is 6. The summed E-state index contributed by atoms with van der Waals surface area (Å²) in [5.74, 6) is -8.55. The molecule has 4 aromatic rings. The van der Waals surface area contributed by atoms with Crippen molar-refractivity contribution in [2.24, 2.45) is 17.4 Å². The molecule has 7 amide bonds. The van der Waals surface area contributed by atoms with Crippen LogP contribution in [0.1, 0.15) is 49.0 Å². The van der Waals surface area contributed by atoms with E-state index in [1.165, 1.54) is 37.3 Å². The van der Waals surface area contributed by atoms with E-state index in [0.29, 0.717) is 13.2 Å². The van der Waals surface area contributed by atoms with Gasteiger partial charge in [-0.3, -0.25) is 33.6 Å². The van der Waals surface area contributed by atoms with Gasteiger partial charge in [0, 0.05) is 75.7 Å². The number of carbonyl (C=O) groups is 7. The van der Waals surface area contributed by atoms with Crippen LogP contribution in [-0.4, -0.2) is 225 Å². The second kappa shape index (κ2) is 29.1. The molecule has 0 aromatic heterocycles. The summed E-state index contributed by atoms with van der Waals surface area (Å²) in [5.41, 5.74) is 16.5.